The van der Waals surface area contributed by atoms with Crippen LogP contribution in [0.3, 0.4) is 0 Å². The molecule has 0 aliphatic rings. The molecule has 0 saturated heterocycles. The van der Waals surface area contributed by atoms with Crippen molar-refractivity contribution < 1.29 is 14.3 Å². The number of amides is 1. The molecule has 0 spiro atoms. The molecule has 0 aliphatic heterocycles. The lowest BCUT2D eigenvalue weighted by atomic mass is 10.2. The van der Waals surface area contributed by atoms with E-state index in [4.69, 9.17) is 9.47 Å². The number of fused-ring (bicyclic) bond motifs is 1. The van der Waals surface area contributed by atoms with E-state index in [0.29, 0.717) is 18.1 Å². The van der Waals surface area contributed by atoms with Crippen LogP contribution >= 0.6 is 15.9 Å². The molecule has 158 valence electrons. The van der Waals surface area contributed by atoms with E-state index in [9.17, 15) is 4.79 Å². The standard InChI is InChI=1S/C24H22BrN3O3/c1-3-30-21-12-17(24-27-19-6-4-5-7-20(19)28-24)18(25)13-22(21)31-14-23(29)26-16-10-8-15(2)9-11-16/h4-13H,3,14H2,1-2H3,(H,26,29)(H,27,28). The van der Waals surface area contributed by atoms with Gasteiger partial charge < -0.3 is 19.8 Å². The van der Waals surface area contributed by atoms with Gasteiger partial charge in [-0.05, 0) is 66.2 Å². The van der Waals surface area contributed by atoms with Gasteiger partial charge in [0, 0.05) is 15.7 Å². The third kappa shape index (κ3) is 4.88. The van der Waals surface area contributed by atoms with Gasteiger partial charge in [0.15, 0.2) is 18.1 Å². The van der Waals surface area contributed by atoms with E-state index in [2.05, 4.69) is 31.2 Å². The fourth-order valence-corrected chi connectivity index (χ4v) is 3.67. The van der Waals surface area contributed by atoms with Crippen LogP contribution in [0.25, 0.3) is 22.4 Å². The molecule has 4 rings (SSSR count). The van der Waals surface area contributed by atoms with Gasteiger partial charge >= 0.3 is 0 Å². The smallest absolute Gasteiger partial charge is 0.262 e. The first-order chi connectivity index (χ1) is 15.0. The minimum Gasteiger partial charge on any atom is -0.490 e. The lowest BCUT2D eigenvalue weighted by molar-refractivity contribution is -0.118. The third-order valence-corrected chi connectivity index (χ3v) is 5.33. The second-order valence-corrected chi connectivity index (χ2v) is 7.87. The molecule has 6 nitrogen and oxygen atoms in total. The number of benzene rings is 3. The largest absolute Gasteiger partial charge is 0.490 e. The van der Waals surface area contributed by atoms with Crippen LogP contribution in [0, 0.1) is 6.92 Å². The maximum Gasteiger partial charge on any atom is 0.262 e. The minimum absolute atomic E-state index is 0.135. The molecule has 0 bridgehead atoms. The number of halogens is 1. The van der Waals surface area contributed by atoms with Crippen LogP contribution in [-0.2, 0) is 4.79 Å². The molecule has 1 amide bonds. The Kier molecular flexibility index (Phi) is 6.23. The fourth-order valence-electron chi connectivity index (χ4n) is 3.16. The molecular formula is C24H22BrN3O3. The summed E-state index contributed by atoms with van der Waals surface area (Å²) in [6.45, 7) is 4.23. The summed E-state index contributed by atoms with van der Waals surface area (Å²) in [6, 6.07) is 19.1. The highest BCUT2D eigenvalue weighted by Crippen LogP contribution is 2.38. The maximum absolute atomic E-state index is 12.3. The van der Waals surface area contributed by atoms with Gasteiger partial charge in [-0.15, -0.1) is 0 Å². The number of nitrogens with one attached hydrogen (secondary N) is 2. The van der Waals surface area contributed by atoms with Crippen molar-refractivity contribution in [1.29, 1.82) is 0 Å². The fraction of sp³-hybridized carbons (Fsp3) is 0.167. The summed E-state index contributed by atoms with van der Waals surface area (Å²) in [7, 11) is 0. The van der Waals surface area contributed by atoms with Crippen molar-refractivity contribution in [3.8, 4) is 22.9 Å². The highest BCUT2D eigenvalue weighted by atomic mass is 79.9. The molecule has 31 heavy (non-hydrogen) atoms. The van der Waals surface area contributed by atoms with Crippen LogP contribution in [0.4, 0.5) is 5.69 Å². The van der Waals surface area contributed by atoms with E-state index in [-0.39, 0.29) is 12.5 Å². The first kappa shape index (κ1) is 20.9. The monoisotopic (exact) mass is 479 g/mol. The normalized spacial score (nSPS) is 10.8. The zero-order chi connectivity index (χ0) is 21.8. The second kappa shape index (κ2) is 9.22. The van der Waals surface area contributed by atoms with Gasteiger partial charge in [-0.25, -0.2) is 4.98 Å². The zero-order valence-electron chi connectivity index (χ0n) is 17.2. The van der Waals surface area contributed by atoms with Crippen molar-refractivity contribution in [3.63, 3.8) is 0 Å². The van der Waals surface area contributed by atoms with E-state index in [1.807, 2.05) is 68.4 Å². The number of aromatic nitrogens is 2. The topological polar surface area (TPSA) is 76.2 Å². The van der Waals surface area contributed by atoms with E-state index in [0.717, 1.165) is 38.1 Å². The Morgan fingerprint density at radius 1 is 1.06 bits per heavy atom. The SMILES string of the molecule is CCOc1cc(-c2nc3ccccc3[nH]2)c(Br)cc1OCC(=O)Nc1ccc(C)cc1. The average Bonchev–Trinajstić information content (AvgIpc) is 3.19. The number of carbonyl (C=O) groups is 1. The quantitative estimate of drug-likeness (QED) is 0.355. The average molecular weight is 480 g/mol. The molecule has 0 fully saturated rings. The predicted octanol–water partition coefficient (Wildman–Crippen LogP) is 5.72. The van der Waals surface area contributed by atoms with Crippen LogP contribution in [0.15, 0.2) is 65.1 Å². The van der Waals surface area contributed by atoms with Gasteiger partial charge in [0.1, 0.15) is 5.82 Å². The number of imidazole rings is 1. The van der Waals surface area contributed by atoms with Crippen molar-refractivity contribution in [3.05, 3.63) is 70.7 Å². The van der Waals surface area contributed by atoms with Crippen LogP contribution in [0.5, 0.6) is 11.5 Å². The molecule has 0 atom stereocenters. The molecule has 0 unspecified atom stereocenters. The summed E-state index contributed by atoms with van der Waals surface area (Å²) in [4.78, 5) is 20.3. The summed E-state index contributed by atoms with van der Waals surface area (Å²) in [6.07, 6.45) is 0. The number of aryl methyl sites for hydroxylation is 1. The number of aromatic amines is 1. The highest BCUT2D eigenvalue weighted by molar-refractivity contribution is 9.10. The van der Waals surface area contributed by atoms with Gasteiger partial charge in [0.2, 0.25) is 0 Å². The van der Waals surface area contributed by atoms with Crippen LogP contribution < -0.4 is 14.8 Å². The van der Waals surface area contributed by atoms with Crippen LogP contribution in [0.2, 0.25) is 0 Å². The number of para-hydroxylation sites is 2. The number of hydrogen-bond acceptors (Lipinski definition) is 4. The summed E-state index contributed by atoms with van der Waals surface area (Å²) in [5.74, 6) is 1.50. The minimum atomic E-state index is -0.246. The summed E-state index contributed by atoms with van der Waals surface area (Å²) < 4.78 is 12.3. The molecule has 4 aromatic rings. The second-order valence-electron chi connectivity index (χ2n) is 7.02. The van der Waals surface area contributed by atoms with Crippen molar-refractivity contribution in [2.45, 2.75) is 13.8 Å². The number of rotatable bonds is 7. The summed E-state index contributed by atoms with van der Waals surface area (Å²) in [5.41, 5.74) is 4.54. The molecule has 7 heteroatoms. The number of carbonyl (C=O) groups excluding carboxylic acids is 1. The lowest BCUT2D eigenvalue weighted by Crippen LogP contribution is -2.20. The van der Waals surface area contributed by atoms with E-state index in [1.165, 1.54) is 0 Å². The Morgan fingerprint density at radius 2 is 1.81 bits per heavy atom. The van der Waals surface area contributed by atoms with Gasteiger partial charge in [0.25, 0.3) is 5.91 Å². The number of H-pyrrole nitrogens is 1. The molecule has 0 aliphatic carbocycles. The first-order valence-electron chi connectivity index (χ1n) is 9.94. The molecular weight excluding hydrogens is 458 g/mol. The first-order valence-corrected chi connectivity index (χ1v) is 10.7. The Hall–Kier alpha value is -3.32. The Labute approximate surface area is 188 Å². The number of ether oxygens (including phenoxy) is 2. The Morgan fingerprint density at radius 3 is 2.55 bits per heavy atom. The Bertz CT molecular complexity index is 1190. The van der Waals surface area contributed by atoms with E-state index >= 15 is 0 Å². The number of anilines is 1. The summed E-state index contributed by atoms with van der Waals surface area (Å²) >= 11 is 3.60. The van der Waals surface area contributed by atoms with Crippen molar-refractivity contribution in [2.24, 2.45) is 0 Å². The van der Waals surface area contributed by atoms with Crippen LogP contribution in [0.1, 0.15) is 12.5 Å². The molecule has 0 radical (unpaired) electrons. The number of hydrogen-bond donors (Lipinski definition) is 2. The van der Waals surface area contributed by atoms with Crippen molar-refractivity contribution in [2.75, 3.05) is 18.5 Å². The summed E-state index contributed by atoms with van der Waals surface area (Å²) in [5, 5.41) is 2.83. The van der Waals surface area contributed by atoms with Gasteiger partial charge in [-0.3, -0.25) is 4.79 Å². The predicted molar refractivity (Wildman–Crippen MR) is 126 cm³/mol. The zero-order valence-corrected chi connectivity index (χ0v) is 18.8. The third-order valence-electron chi connectivity index (χ3n) is 4.67. The van der Waals surface area contributed by atoms with Crippen molar-refractivity contribution in [1.82, 2.24) is 9.97 Å². The molecule has 2 N–H and O–H groups in total. The molecule has 1 heterocycles. The highest BCUT2D eigenvalue weighted by Gasteiger charge is 2.16. The maximum atomic E-state index is 12.3. The van der Waals surface area contributed by atoms with Crippen LogP contribution in [-0.4, -0.2) is 29.1 Å². The lowest BCUT2D eigenvalue weighted by Gasteiger charge is -2.14. The Balaban J connectivity index is 1.54. The van der Waals surface area contributed by atoms with Gasteiger partial charge in [-0.2, -0.15) is 0 Å². The molecule has 3 aromatic carbocycles. The van der Waals surface area contributed by atoms with Gasteiger partial charge in [-0.1, -0.05) is 29.8 Å². The van der Waals surface area contributed by atoms with E-state index < -0.39 is 0 Å². The molecule has 0 saturated carbocycles. The van der Waals surface area contributed by atoms with Gasteiger partial charge in [0.05, 0.1) is 17.6 Å². The van der Waals surface area contributed by atoms with Crippen molar-refractivity contribution >= 4 is 38.6 Å². The number of nitrogens with zero attached hydrogens (tertiary/aromatic N) is 1. The van der Waals surface area contributed by atoms with E-state index in [1.54, 1.807) is 6.07 Å². The molecule has 1 aromatic heterocycles.